The summed E-state index contributed by atoms with van der Waals surface area (Å²) in [7, 11) is 0. The molecule has 0 aromatic heterocycles. The molecule has 164 valence electrons. The molecule has 2 bridgehead atoms. The molecule has 1 N–H and O–H groups in total. The highest BCUT2D eigenvalue weighted by molar-refractivity contribution is 5.75. The van der Waals surface area contributed by atoms with Crippen molar-refractivity contribution in [2.75, 3.05) is 32.7 Å². The SMILES string of the molecule is CC1(NC(=O)N2CCC(c3ccc(-c4ccccc4)cc3)CC2)CCN2CCC1CC2. The van der Waals surface area contributed by atoms with Crippen LogP contribution in [0, 0.1) is 5.92 Å². The summed E-state index contributed by atoms with van der Waals surface area (Å²) in [5, 5.41) is 3.47. The number of carbonyl (C=O) groups is 1. The molecular formula is C27H35N3O. The van der Waals surface area contributed by atoms with E-state index in [-0.39, 0.29) is 11.6 Å². The number of nitrogens with one attached hydrogen (secondary N) is 1. The van der Waals surface area contributed by atoms with Gasteiger partial charge in [0, 0.05) is 25.2 Å². The number of likely N-dealkylation sites (tertiary alicyclic amines) is 1. The van der Waals surface area contributed by atoms with E-state index in [0.717, 1.165) is 38.9 Å². The van der Waals surface area contributed by atoms with E-state index in [1.807, 2.05) is 0 Å². The summed E-state index contributed by atoms with van der Waals surface area (Å²) < 4.78 is 0. The van der Waals surface area contributed by atoms with Gasteiger partial charge in [-0.1, -0.05) is 54.6 Å². The summed E-state index contributed by atoms with van der Waals surface area (Å²) in [5.74, 6) is 1.17. The standard InChI is InChI=1S/C27H35N3O/c1-27(15-20-29-16-13-25(27)14-17-29)28-26(31)30-18-11-24(12-19-30)23-9-7-22(8-10-23)21-5-3-2-4-6-21/h2-10,24-25H,11-20H2,1H3,(H,28,31). The maximum Gasteiger partial charge on any atom is 0.317 e. The summed E-state index contributed by atoms with van der Waals surface area (Å²) >= 11 is 0. The number of carbonyl (C=O) groups excluding carboxylic acids is 1. The van der Waals surface area contributed by atoms with Crippen LogP contribution in [-0.2, 0) is 0 Å². The van der Waals surface area contributed by atoms with Crippen LogP contribution in [0.5, 0.6) is 0 Å². The molecule has 4 heterocycles. The Morgan fingerprint density at radius 1 is 0.839 bits per heavy atom. The smallest absolute Gasteiger partial charge is 0.317 e. The zero-order chi connectivity index (χ0) is 21.3. The van der Waals surface area contributed by atoms with Crippen LogP contribution < -0.4 is 5.32 Å². The molecule has 1 atom stereocenters. The normalized spacial score (nSPS) is 28.9. The second-order valence-corrected chi connectivity index (χ2v) is 9.96. The Morgan fingerprint density at radius 3 is 2.16 bits per heavy atom. The molecule has 1 unspecified atom stereocenters. The lowest BCUT2D eigenvalue weighted by molar-refractivity contribution is 0.146. The summed E-state index contributed by atoms with van der Waals surface area (Å²) in [4.78, 5) is 17.7. The minimum atomic E-state index is -0.0492. The van der Waals surface area contributed by atoms with Gasteiger partial charge < -0.3 is 15.1 Å². The Hall–Kier alpha value is -2.33. The van der Waals surface area contributed by atoms with E-state index < -0.39 is 0 Å². The Labute approximate surface area is 186 Å². The van der Waals surface area contributed by atoms with E-state index in [1.54, 1.807) is 0 Å². The predicted molar refractivity (Wildman–Crippen MR) is 126 cm³/mol. The quantitative estimate of drug-likeness (QED) is 0.753. The van der Waals surface area contributed by atoms with Crippen LogP contribution in [0.4, 0.5) is 4.79 Å². The van der Waals surface area contributed by atoms with Crippen LogP contribution in [0.1, 0.15) is 50.5 Å². The fraction of sp³-hybridized carbons (Fsp3) is 0.519. The van der Waals surface area contributed by atoms with Crippen molar-refractivity contribution in [2.24, 2.45) is 5.92 Å². The number of hydrogen-bond donors (Lipinski definition) is 1. The van der Waals surface area contributed by atoms with Crippen LogP contribution in [0.25, 0.3) is 11.1 Å². The maximum absolute atomic E-state index is 13.1. The van der Waals surface area contributed by atoms with Crippen LogP contribution in [0.2, 0.25) is 0 Å². The van der Waals surface area contributed by atoms with Gasteiger partial charge in [0.15, 0.2) is 0 Å². The van der Waals surface area contributed by atoms with Crippen molar-refractivity contribution < 1.29 is 4.79 Å². The molecule has 0 aliphatic carbocycles. The monoisotopic (exact) mass is 417 g/mol. The number of benzene rings is 2. The average molecular weight is 418 g/mol. The van der Waals surface area contributed by atoms with Crippen LogP contribution in [0.3, 0.4) is 0 Å². The lowest BCUT2D eigenvalue weighted by atomic mass is 9.79. The first-order valence-electron chi connectivity index (χ1n) is 12.1. The fourth-order valence-electron chi connectivity index (χ4n) is 5.87. The number of rotatable bonds is 3. The number of piperidine rings is 2. The molecule has 2 amide bonds. The van der Waals surface area contributed by atoms with Gasteiger partial charge in [-0.3, -0.25) is 0 Å². The molecule has 6 rings (SSSR count). The molecular weight excluding hydrogens is 382 g/mol. The van der Waals surface area contributed by atoms with Gasteiger partial charge in [-0.15, -0.1) is 0 Å². The van der Waals surface area contributed by atoms with Crippen molar-refractivity contribution in [1.29, 1.82) is 0 Å². The van der Waals surface area contributed by atoms with Gasteiger partial charge >= 0.3 is 6.03 Å². The van der Waals surface area contributed by atoms with E-state index in [9.17, 15) is 4.79 Å². The number of urea groups is 1. The molecule has 0 spiro atoms. The highest BCUT2D eigenvalue weighted by atomic mass is 16.2. The van der Waals surface area contributed by atoms with Crippen LogP contribution in [-0.4, -0.2) is 54.1 Å². The Kier molecular flexibility index (Phi) is 5.75. The van der Waals surface area contributed by atoms with Gasteiger partial charge in [0.25, 0.3) is 0 Å². The van der Waals surface area contributed by atoms with Crippen LogP contribution >= 0.6 is 0 Å². The lowest BCUT2D eigenvalue weighted by Gasteiger charge is -2.40. The Bertz CT molecular complexity index is 880. The number of nitrogens with zero attached hydrogens (tertiary/aromatic N) is 2. The number of amides is 2. The molecule has 4 nitrogen and oxygen atoms in total. The zero-order valence-electron chi connectivity index (χ0n) is 18.7. The van der Waals surface area contributed by atoms with Gasteiger partial charge in [0.2, 0.25) is 0 Å². The van der Waals surface area contributed by atoms with E-state index in [1.165, 1.54) is 42.6 Å². The summed E-state index contributed by atoms with van der Waals surface area (Å²) in [6.45, 7) is 7.50. The van der Waals surface area contributed by atoms with E-state index in [2.05, 4.69) is 76.6 Å². The number of fused-ring (bicyclic) bond motifs is 4. The molecule has 4 fully saturated rings. The first kappa shape index (κ1) is 20.6. The third-order valence-corrected chi connectivity index (χ3v) is 8.10. The largest absolute Gasteiger partial charge is 0.333 e. The third-order valence-electron chi connectivity index (χ3n) is 8.10. The van der Waals surface area contributed by atoms with Gasteiger partial charge in [-0.2, -0.15) is 0 Å². The molecule has 31 heavy (non-hydrogen) atoms. The fourth-order valence-corrected chi connectivity index (χ4v) is 5.87. The minimum absolute atomic E-state index is 0.0492. The van der Waals surface area contributed by atoms with E-state index in [0.29, 0.717) is 11.8 Å². The minimum Gasteiger partial charge on any atom is -0.333 e. The molecule has 0 radical (unpaired) electrons. The topological polar surface area (TPSA) is 35.6 Å². The molecule has 4 aliphatic heterocycles. The number of hydrogen-bond acceptors (Lipinski definition) is 2. The highest BCUT2D eigenvalue weighted by Gasteiger charge is 2.41. The van der Waals surface area contributed by atoms with Gasteiger partial charge in [-0.05, 0) is 80.6 Å². The van der Waals surface area contributed by atoms with Gasteiger partial charge in [-0.25, -0.2) is 4.79 Å². The van der Waals surface area contributed by atoms with Crippen LogP contribution in [0.15, 0.2) is 54.6 Å². The Balaban J connectivity index is 1.17. The highest BCUT2D eigenvalue weighted by Crippen LogP contribution is 2.36. The molecule has 4 aliphatic rings. The van der Waals surface area contributed by atoms with Gasteiger partial charge in [0.05, 0.1) is 0 Å². The molecule has 2 aromatic carbocycles. The molecule has 2 aromatic rings. The Morgan fingerprint density at radius 2 is 1.48 bits per heavy atom. The van der Waals surface area contributed by atoms with Crippen molar-refractivity contribution in [1.82, 2.24) is 15.1 Å². The molecule has 4 saturated heterocycles. The second kappa shape index (κ2) is 8.66. The van der Waals surface area contributed by atoms with E-state index >= 15 is 0 Å². The molecule has 0 saturated carbocycles. The van der Waals surface area contributed by atoms with Crippen molar-refractivity contribution in [3.63, 3.8) is 0 Å². The predicted octanol–water partition coefficient (Wildman–Crippen LogP) is 5.12. The van der Waals surface area contributed by atoms with Crippen molar-refractivity contribution in [3.05, 3.63) is 60.2 Å². The second-order valence-electron chi connectivity index (χ2n) is 9.96. The summed E-state index contributed by atoms with van der Waals surface area (Å²) in [6, 6.07) is 19.7. The maximum atomic E-state index is 13.1. The lowest BCUT2D eigenvalue weighted by Crippen LogP contribution is -2.56. The van der Waals surface area contributed by atoms with Crippen molar-refractivity contribution in [3.8, 4) is 11.1 Å². The summed E-state index contributed by atoms with van der Waals surface area (Å²) in [5.41, 5.74) is 3.88. The van der Waals surface area contributed by atoms with Gasteiger partial charge in [0.1, 0.15) is 0 Å². The third kappa shape index (κ3) is 4.36. The first-order valence-corrected chi connectivity index (χ1v) is 12.1. The molecule has 4 heteroatoms. The van der Waals surface area contributed by atoms with E-state index in [4.69, 9.17) is 0 Å². The zero-order valence-corrected chi connectivity index (χ0v) is 18.7. The summed E-state index contributed by atoms with van der Waals surface area (Å²) in [6.07, 6.45) is 5.61. The average Bonchev–Trinajstić information content (AvgIpc) is 3.08. The van der Waals surface area contributed by atoms with Crippen molar-refractivity contribution >= 4 is 6.03 Å². The first-order chi connectivity index (χ1) is 15.1. The van der Waals surface area contributed by atoms with Crippen molar-refractivity contribution in [2.45, 2.75) is 50.5 Å².